The maximum atomic E-state index is 13.2. The summed E-state index contributed by atoms with van der Waals surface area (Å²) in [5.74, 6) is 0. The lowest BCUT2D eigenvalue weighted by Crippen LogP contribution is -2.29. The Kier molecular flexibility index (Phi) is 7.86. The van der Waals surface area contributed by atoms with Crippen LogP contribution in [0.3, 0.4) is 0 Å². The van der Waals surface area contributed by atoms with Gasteiger partial charge < -0.3 is 0 Å². The second kappa shape index (κ2) is 7.47. The smallest absolute Gasteiger partial charge is 0.246 e. The Balaban J connectivity index is 5.66. The fourth-order valence-electron chi connectivity index (χ4n) is 1.59. The highest BCUT2D eigenvalue weighted by Gasteiger charge is 2.33. The van der Waals surface area contributed by atoms with Crippen molar-refractivity contribution in [1.29, 1.82) is 0 Å². The molecule has 0 saturated carbocycles. The van der Waals surface area contributed by atoms with Crippen LogP contribution < -0.4 is 0 Å². The molecule has 9 heteroatoms. The van der Waals surface area contributed by atoms with Crippen molar-refractivity contribution in [2.45, 2.75) is 27.7 Å². The average molecular weight is 326 g/mol. The van der Waals surface area contributed by atoms with E-state index in [1.165, 1.54) is 0 Å². The third-order valence-corrected chi connectivity index (χ3v) is 9.21. The number of rotatable bonds is 7. The van der Waals surface area contributed by atoms with E-state index in [1.807, 2.05) is 37.0 Å². The van der Waals surface area contributed by atoms with Gasteiger partial charge >= 0.3 is 6.96 Å². The molecule has 1 unspecified atom stereocenters. The molecule has 0 N–H and O–H groups in total. The zero-order chi connectivity index (χ0) is 13.7. The van der Waals surface area contributed by atoms with E-state index in [-0.39, 0.29) is 0 Å². The maximum absolute atomic E-state index is 13.2. The Hall–Kier alpha value is 0.890. The van der Waals surface area contributed by atoms with E-state index < -0.39 is 13.7 Å². The lowest BCUT2D eigenvalue weighted by molar-refractivity contribution is 0.425. The van der Waals surface area contributed by atoms with E-state index in [0.717, 1.165) is 0 Å². The molecule has 0 heterocycles. The van der Waals surface area contributed by atoms with Gasteiger partial charge in [0.15, 0.2) is 6.71 Å². The lowest BCUT2D eigenvalue weighted by atomic mass is 10.7. The minimum atomic E-state index is -4.52. The second-order valence-corrected chi connectivity index (χ2v) is 9.62. The minimum absolute atomic E-state index is 0.602. The zero-order valence-electron chi connectivity index (χ0n) is 10.6. The maximum Gasteiger partial charge on any atom is 0.444 e. The monoisotopic (exact) mass is 325 g/mol. The first-order chi connectivity index (χ1) is 7.75. The summed E-state index contributed by atoms with van der Waals surface area (Å²) < 4.78 is 31.6. The van der Waals surface area contributed by atoms with E-state index in [0.29, 0.717) is 26.2 Å². The van der Waals surface area contributed by atoms with Crippen LogP contribution in [-0.2, 0) is 4.57 Å². The second-order valence-electron chi connectivity index (χ2n) is 3.30. The molecule has 0 aliphatic rings. The van der Waals surface area contributed by atoms with Crippen LogP contribution in [0.4, 0.5) is 4.20 Å². The predicted octanol–water partition coefficient (Wildman–Crippen LogP) is 5.17. The van der Waals surface area contributed by atoms with Gasteiger partial charge in [-0.1, -0.05) is 27.7 Å². The van der Waals surface area contributed by atoms with E-state index in [9.17, 15) is 8.76 Å². The van der Waals surface area contributed by atoms with Gasteiger partial charge in [-0.3, -0.25) is 0 Å². The molecule has 0 aromatic carbocycles. The topological polar surface area (TPSA) is 35.9 Å². The molecule has 0 spiro atoms. The van der Waals surface area contributed by atoms with Gasteiger partial charge in [-0.15, -0.1) is 4.20 Å². The summed E-state index contributed by atoms with van der Waals surface area (Å²) in [6.45, 7) is 2.67. The highest BCUT2D eigenvalue weighted by Crippen LogP contribution is 2.71. The Morgan fingerprint density at radius 1 is 1.00 bits per heavy atom. The molecule has 104 valence electrons. The quantitative estimate of drug-likeness (QED) is 0.605. The number of nitrogens with zero attached hydrogens (tertiary/aromatic N) is 3. The fraction of sp³-hybridized carbons (Fsp3) is 1.00. The van der Waals surface area contributed by atoms with Crippen molar-refractivity contribution in [3.05, 3.63) is 0 Å². The molecule has 4 nitrogen and oxygen atoms in total. The Morgan fingerprint density at radius 3 is 1.47 bits per heavy atom. The fourth-order valence-corrected chi connectivity index (χ4v) is 8.58. The average Bonchev–Trinajstić information content (AvgIpc) is 2.18. The van der Waals surface area contributed by atoms with Crippen molar-refractivity contribution >= 4 is 36.1 Å². The first kappa shape index (κ1) is 17.9. The first-order valence-corrected chi connectivity index (χ1v) is 10.6. The molecule has 0 fully saturated rings. The standard InChI is InChI=1S/C8H20Cl2FN3OP2/c1-5-13(6-2)17(10,12-16(9,11)15)14(7-3)8-4/h5-8H2,1-4H3. The number of halogens is 3. The molecular weight excluding hydrogens is 306 g/mol. The van der Waals surface area contributed by atoms with Crippen LogP contribution in [0.2, 0.25) is 0 Å². The van der Waals surface area contributed by atoms with Crippen LogP contribution in [0.15, 0.2) is 4.52 Å². The van der Waals surface area contributed by atoms with Crippen molar-refractivity contribution < 1.29 is 8.76 Å². The van der Waals surface area contributed by atoms with Gasteiger partial charge in [0.1, 0.15) is 0 Å². The molecular formula is C8H20Cl2FN3OP2. The molecule has 0 rings (SSSR count). The lowest BCUT2D eigenvalue weighted by Gasteiger charge is -2.37. The van der Waals surface area contributed by atoms with Crippen molar-refractivity contribution in [1.82, 2.24) is 9.34 Å². The summed E-state index contributed by atoms with van der Waals surface area (Å²) in [5.41, 5.74) is 0. The molecule has 0 aromatic rings. The third-order valence-electron chi connectivity index (χ3n) is 2.40. The number of hydrogen-bond donors (Lipinski definition) is 0. The highest BCUT2D eigenvalue weighted by atomic mass is 35.7. The van der Waals surface area contributed by atoms with Gasteiger partial charge in [-0.25, -0.2) is 13.9 Å². The van der Waals surface area contributed by atoms with Crippen LogP contribution >= 0.6 is 36.1 Å². The summed E-state index contributed by atoms with van der Waals surface area (Å²) in [5, 5.41) is 0. The summed E-state index contributed by atoms with van der Waals surface area (Å²) in [4.78, 5) is 0. The molecule has 0 aliphatic carbocycles. The summed E-state index contributed by atoms with van der Waals surface area (Å²) >= 11 is 11.6. The van der Waals surface area contributed by atoms with Crippen molar-refractivity contribution in [3.63, 3.8) is 0 Å². The summed E-state index contributed by atoms with van der Waals surface area (Å²) in [6.07, 6.45) is 0. The zero-order valence-corrected chi connectivity index (χ0v) is 13.9. The van der Waals surface area contributed by atoms with Gasteiger partial charge in [0.05, 0.1) is 0 Å². The molecule has 0 aliphatic heterocycles. The minimum Gasteiger partial charge on any atom is -0.246 e. The highest BCUT2D eigenvalue weighted by molar-refractivity contribution is 7.95. The van der Waals surface area contributed by atoms with Gasteiger partial charge in [0.2, 0.25) is 0 Å². The summed E-state index contributed by atoms with van der Waals surface area (Å²) in [6, 6.07) is 0. The Morgan fingerprint density at radius 2 is 1.29 bits per heavy atom. The van der Waals surface area contributed by atoms with Crippen LogP contribution in [0.25, 0.3) is 0 Å². The van der Waals surface area contributed by atoms with Crippen molar-refractivity contribution in [2.75, 3.05) is 26.2 Å². The predicted molar refractivity (Wildman–Crippen MR) is 75.6 cm³/mol. The van der Waals surface area contributed by atoms with Gasteiger partial charge in [0.25, 0.3) is 0 Å². The normalized spacial score (nSPS) is 16.3. The van der Waals surface area contributed by atoms with Gasteiger partial charge in [0, 0.05) is 37.4 Å². The Bertz CT molecular complexity index is 313. The van der Waals surface area contributed by atoms with E-state index in [1.54, 1.807) is 0 Å². The number of hydrogen-bond acceptors (Lipinski definition) is 1. The van der Waals surface area contributed by atoms with Crippen LogP contribution in [0, 0.1) is 0 Å². The Labute approximate surface area is 113 Å². The van der Waals surface area contributed by atoms with E-state index in [4.69, 9.17) is 22.5 Å². The van der Waals surface area contributed by atoms with Crippen molar-refractivity contribution in [3.8, 4) is 0 Å². The van der Waals surface area contributed by atoms with Crippen LogP contribution in [-0.4, -0.2) is 35.5 Å². The molecule has 0 radical (unpaired) electrons. The van der Waals surface area contributed by atoms with E-state index >= 15 is 0 Å². The molecule has 17 heavy (non-hydrogen) atoms. The SMILES string of the molecule is CCN(CC)P(Cl)(=NP(=O)(F)Cl)N(CC)CC. The summed E-state index contributed by atoms with van der Waals surface area (Å²) in [7, 11) is 0. The van der Waals surface area contributed by atoms with Crippen LogP contribution in [0.1, 0.15) is 27.7 Å². The van der Waals surface area contributed by atoms with Crippen molar-refractivity contribution in [2.24, 2.45) is 4.52 Å². The van der Waals surface area contributed by atoms with Gasteiger partial charge in [-0.05, 0) is 11.2 Å². The third kappa shape index (κ3) is 5.18. The molecule has 1 atom stereocenters. The largest absolute Gasteiger partial charge is 0.444 e. The molecule has 0 aromatic heterocycles. The first-order valence-electron chi connectivity index (χ1n) is 5.58. The molecule has 0 amide bonds. The van der Waals surface area contributed by atoms with E-state index in [2.05, 4.69) is 4.52 Å². The molecule has 0 bridgehead atoms. The molecule has 0 saturated heterocycles. The van der Waals surface area contributed by atoms with Gasteiger partial charge in [-0.2, -0.15) is 4.52 Å². The van der Waals surface area contributed by atoms with Crippen LogP contribution in [0.5, 0.6) is 0 Å².